The molecule has 21 heavy (non-hydrogen) atoms. The van der Waals surface area contributed by atoms with Crippen LogP contribution in [0.2, 0.25) is 15.1 Å². The molecule has 2 N–H and O–H groups in total. The van der Waals surface area contributed by atoms with Crippen molar-refractivity contribution in [3.8, 4) is 5.75 Å². The van der Waals surface area contributed by atoms with Crippen LogP contribution in [-0.4, -0.2) is 13.5 Å². The predicted octanol–water partition coefficient (Wildman–Crippen LogP) is 4.29. The number of sulfonamides is 1. The molecule has 2 aromatic rings. The number of phenols is 1. The minimum atomic E-state index is -4.02. The maximum Gasteiger partial charge on any atom is 0.262 e. The average molecular weight is 371 g/mol. The molecular formula is C12H7Cl3FNO3S. The van der Waals surface area contributed by atoms with Crippen molar-refractivity contribution in [2.75, 3.05) is 4.72 Å². The van der Waals surface area contributed by atoms with Crippen molar-refractivity contribution in [1.29, 1.82) is 0 Å². The van der Waals surface area contributed by atoms with Crippen molar-refractivity contribution in [2.24, 2.45) is 0 Å². The van der Waals surface area contributed by atoms with Crippen LogP contribution < -0.4 is 4.72 Å². The molecule has 0 heterocycles. The first-order valence-corrected chi connectivity index (χ1v) is 7.98. The van der Waals surface area contributed by atoms with Crippen molar-refractivity contribution in [3.05, 3.63) is 51.2 Å². The van der Waals surface area contributed by atoms with Gasteiger partial charge in [0.15, 0.2) is 5.75 Å². The van der Waals surface area contributed by atoms with Crippen LogP contribution in [0, 0.1) is 5.82 Å². The lowest BCUT2D eigenvalue weighted by molar-refractivity contribution is 0.475. The fraction of sp³-hybridized carbons (Fsp3) is 0. The lowest BCUT2D eigenvalue weighted by Crippen LogP contribution is -2.13. The third-order valence-electron chi connectivity index (χ3n) is 2.47. The van der Waals surface area contributed by atoms with Gasteiger partial charge in [-0.3, -0.25) is 4.72 Å². The Morgan fingerprint density at radius 2 is 1.57 bits per heavy atom. The third-order valence-corrected chi connectivity index (χ3v) is 4.70. The molecule has 4 nitrogen and oxygen atoms in total. The number of benzene rings is 2. The molecule has 0 unspecified atom stereocenters. The van der Waals surface area contributed by atoms with E-state index in [9.17, 15) is 17.9 Å². The van der Waals surface area contributed by atoms with Gasteiger partial charge in [0.2, 0.25) is 0 Å². The third kappa shape index (κ3) is 3.52. The molecule has 0 saturated carbocycles. The molecule has 9 heteroatoms. The molecule has 0 saturated heterocycles. The van der Waals surface area contributed by atoms with Gasteiger partial charge in [0.1, 0.15) is 5.82 Å². The highest BCUT2D eigenvalue weighted by molar-refractivity contribution is 7.92. The Kier molecular flexibility index (Phi) is 4.53. The predicted molar refractivity (Wildman–Crippen MR) is 80.3 cm³/mol. The molecule has 0 aliphatic rings. The van der Waals surface area contributed by atoms with Crippen LogP contribution in [0.3, 0.4) is 0 Å². The number of phenolic OH excluding ortho intramolecular Hbond substituents is 1. The Morgan fingerprint density at radius 3 is 2.10 bits per heavy atom. The second-order valence-corrected chi connectivity index (χ2v) is 6.87. The van der Waals surface area contributed by atoms with Crippen LogP contribution in [0.25, 0.3) is 0 Å². The zero-order valence-electron chi connectivity index (χ0n) is 10.1. The van der Waals surface area contributed by atoms with Crippen molar-refractivity contribution in [3.63, 3.8) is 0 Å². The molecule has 0 spiro atoms. The smallest absolute Gasteiger partial charge is 0.262 e. The van der Waals surface area contributed by atoms with E-state index in [0.717, 1.165) is 24.3 Å². The number of aromatic hydroxyl groups is 1. The van der Waals surface area contributed by atoms with Gasteiger partial charge in [0.25, 0.3) is 10.0 Å². The highest BCUT2D eigenvalue weighted by atomic mass is 35.5. The minimum absolute atomic E-state index is 0.0710. The molecule has 0 atom stereocenters. The van der Waals surface area contributed by atoms with Gasteiger partial charge in [-0.2, -0.15) is 0 Å². The molecule has 2 aromatic carbocycles. The molecule has 0 aliphatic carbocycles. The summed E-state index contributed by atoms with van der Waals surface area (Å²) in [7, 11) is -4.02. The second-order valence-electron chi connectivity index (χ2n) is 3.97. The molecular weight excluding hydrogens is 364 g/mol. The highest BCUT2D eigenvalue weighted by Crippen LogP contribution is 2.34. The van der Waals surface area contributed by atoms with E-state index >= 15 is 0 Å². The SMILES string of the molecule is O=S(=O)(Nc1ccc(F)c(Cl)c1)c1cc(Cl)c(O)c(Cl)c1. The van der Waals surface area contributed by atoms with E-state index in [1.54, 1.807) is 0 Å². The quantitative estimate of drug-likeness (QED) is 0.847. The van der Waals surface area contributed by atoms with Gasteiger partial charge in [-0.1, -0.05) is 34.8 Å². The number of hydrogen-bond acceptors (Lipinski definition) is 3. The zero-order chi connectivity index (χ0) is 15.8. The largest absolute Gasteiger partial charge is 0.505 e. The summed E-state index contributed by atoms with van der Waals surface area (Å²) in [5.41, 5.74) is 0.0710. The molecule has 0 radical (unpaired) electrons. The molecule has 0 aliphatic heterocycles. The summed E-state index contributed by atoms with van der Waals surface area (Å²) in [4.78, 5) is -0.254. The Balaban J connectivity index is 2.40. The highest BCUT2D eigenvalue weighted by Gasteiger charge is 2.18. The number of hydrogen-bond donors (Lipinski definition) is 2. The first kappa shape index (κ1) is 16.2. The molecule has 0 fully saturated rings. The summed E-state index contributed by atoms with van der Waals surface area (Å²) in [5.74, 6) is -1.09. The van der Waals surface area contributed by atoms with E-state index in [0.29, 0.717) is 0 Å². The van der Waals surface area contributed by atoms with Gasteiger partial charge in [-0.05, 0) is 30.3 Å². The summed E-state index contributed by atoms with van der Waals surface area (Å²) in [5, 5.41) is 8.77. The number of nitrogens with one attached hydrogen (secondary N) is 1. The number of anilines is 1. The fourth-order valence-corrected chi connectivity index (χ4v) is 3.37. The van der Waals surface area contributed by atoms with Gasteiger partial charge in [0.05, 0.1) is 25.7 Å². The van der Waals surface area contributed by atoms with Crippen LogP contribution in [0.4, 0.5) is 10.1 Å². The van der Waals surface area contributed by atoms with Crippen molar-refractivity contribution >= 4 is 50.5 Å². The monoisotopic (exact) mass is 369 g/mol. The average Bonchev–Trinajstić information content (AvgIpc) is 2.39. The van der Waals surface area contributed by atoms with Gasteiger partial charge in [-0.15, -0.1) is 0 Å². The Hall–Kier alpha value is -1.21. The van der Waals surface area contributed by atoms with E-state index in [1.807, 2.05) is 0 Å². The second kappa shape index (κ2) is 5.88. The Bertz CT molecular complexity index is 788. The minimum Gasteiger partial charge on any atom is -0.505 e. The van der Waals surface area contributed by atoms with Gasteiger partial charge < -0.3 is 5.11 Å². The normalized spacial score (nSPS) is 11.4. The molecule has 0 aromatic heterocycles. The van der Waals surface area contributed by atoms with Gasteiger partial charge in [0, 0.05) is 0 Å². The molecule has 2 rings (SSSR count). The Morgan fingerprint density at radius 1 is 1.00 bits per heavy atom. The van der Waals surface area contributed by atoms with E-state index < -0.39 is 21.6 Å². The van der Waals surface area contributed by atoms with Crippen LogP contribution in [0.5, 0.6) is 5.75 Å². The van der Waals surface area contributed by atoms with E-state index in [4.69, 9.17) is 34.8 Å². The number of halogens is 4. The van der Waals surface area contributed by atoms with Crippen LogP contribution in [0.15, 0.2) is 35.2 Å². The zero-order valence-corrected chi connectivity index (χ0v) is 13.2. The van der Waals surface area contributed by atoms with E-state index in [2.05, 4.69) is 4.72 Å². The van der Waals surface area contributed by atoms with Crippen molar-refractivity contribution in [2.45, 2.75) is 4.90 Å². The van der Waals surface area contributed by atoms with Crippen molar-refractivity contribution < 1.29 is 17.9 Å². The lowest BCUT2D eigenvalue weighted by Gasteiger charge is -2.10. The van der Waals surface area contributed by atoms with Crippen LogP contribution in [0.1, 0.15) is 0 Å². The number of rotatable bonds is 3. The van der Waals surface area contributed by atoms with Gasteiger partial charge in [-0.25, -0.2) is 12.8 Å². The lowest BCUT2D eigenvalue weighted by atomic mass is 10.3. The first-order valence-electron chi connectivity index (χ1n) is 5.36. The first-order chi connectivity index (χ1) is 9.70. The van der Waals surface area contributed by atoms with Crippen LogP contribution >= 0.6 is 34.8 Å². The maximum atomic E-state index is 13.0. The Labute approximate surface area is 135 Å². The van der Waals surface area contributed by atoms with E-state index in [-0.39, 0.29) is 25.7 Å². The summed E-state index contributed by atoms with van der Waals surface area (Å²) >= 11 is 16.9. The maximum absolute atomic E-state index is 13.0. The molecule has 0 bridgehead atoms. The summed E-state index contributed by atoms with van der Waals surface area (Å²) < 4.78 is 39.6. The fourth-order valence-electron chi connectivity index (χ4n) is 1.47. The summed E-state index contributed by atoms with van der Waals surface area (Å²) in [6, 6.07) is 5.43. The standard InChI is InChI=1S/C12H7Cl3FNO3S/c13-8-3-6(1-2-11(8)16)17-21(19,20)7-4-9(14)12(18)10(15)5-7/h1-5,17-18H. The van der Waals surface area contributed by atoms with Crippen LogP contribution in [-0.2, 0) is 10.0 Å². The topological polar surface area (TPSA) is 66.4 Å². The summed E-state index contributed by atoms with van der Waals surface area (Å²) in [6.45, 7) is 0. The van der Waals surface area contributed by atoms with E-state index in [1.165, 1.54) is 6.07 Å². The van der Waals surface area contributed by atoms with Gasteiger partial charge >= 0.3 is 0 Å². The summed E-state index contributed by atoms with van der Waals surface area (Å²) in [6.07, 6.45) is 0. The molecule has 0 amide bonds. The molecule has 112 valence electrons. The van der Waals surface area contributed by atoms with Crippen molar-refractivity contribution in [1.82, 2.24) is 0 Å².